The summed E-state index contributed by atoms with van der Waals surface area (Å²) in [6.07, 6.45) is 0. The number of hydrogen-bond acceptors (Lipinski definition) is 4. The van der Waals surface area contributed by atoms with Crippen molar-refractivity contribution in [1.82, 2.24) is 9.78 Å². The molecule has 0 radical (unpaired) electrons. The molecule has 0 N–H and O–H groups in total. The number of nitrogens with zero attached hydrogens (tertiary/aromatic N) is 4. The van der Waals surface area contributed by atoms with Crippen molar-refractivity contribution in [1.29, 1.82) is 10.5 Å². The average molecular weight is 264 g/mol. The third-order valence-electron chi connectivity index (χ3n) is 3.16. The monoisotopic (exact) mass is 264 g/mol. The lowest BCUT2D eigenvalue weighted by Gasteiger charge is -2.09. The molecule has 2 aromatic rings. The zero-order valence-electron chi connectivity index (χ0n) is 11.2. The van der Waals surface area contributed by atoms with Crippen LogP contribution in [0.25, 0.3) is 0 Å². The van der Waals surface area contributed by atoms with E-state index in [1.54, 1.807) is 38.1 Å². The maximum absolute atomic E-state index is 12.1. The second-order valence-corrected chi connectivity index (χ2v) is 4.47. The van der Waals surface area contributed by atoms with Crippen LogP contribution in [0.5, 0.6) is 0 Å². The smallest absolute Gasteiger partial charge is 0.266 e. The minimum atomic E-state index is -0.389. The van der Waals surface area contributed by atoms with Crippen molar-refractivity contribution < 1.29 is 0 Å². The lowest BCUT2D eigenvalue weighted by Crippen LogP contribution is -2.27. The highest BCUT2D eigenvalue weighted by atomic mass is 16.1. The molecule has 0 spiro atoms. The Labute approximate surface area is 116 Å². The first-order valence-corrected chi connectivity index (χ1v) is 6.04. The lowest BCUT2D eigenvalue weighted by atomic mass is 10.1. The average Bonchev–Trinajstić information content (AvgIpc) is 2.46. The van der Waals surface area contributed by atoms with Gasteiger partial charge in [-0.15, -0.1) is 0 Å². The Hall–Kier alpha value is -2.92. The van der Waals surface area contributed by atoms with Gasteiger partial charge in [0.05, 0.1) is 23.9 Å². The quantitative estimate of drug-likeness (QED) is 0.825. The fourth-order valence-corrected chi connectivity index (χ4v) is 1.87. The van der Waals surface area contributed by atoms with Crippen LogP contribution in [0, 0.1) is 36.5 Å². The molecular formula is C15H12N4O. The number of hydrogen-bond donors (Lipinski definition) is 0. The van der Waals surface area contributed by atoms with E-state index in [1.165, 1.54) is 4.68 Å². The van der Waals surface area contributed by atoms with Gasteiger partial charge < -0.3 is 0 Å². The Morgan fingerprint density at radius 1 is 1.15 bits per heavy atom. The zero-order valence-corrected chi connectivity index (χ0v) is 11.2. The van der Waals surface area contributed by atoms with Crippen LogP contribution in [0.3, 0.4) is 0 Å². The van der Waals surface area contributed by atoms with Gasteiger partial charge in [-0.25, -0.2) is 4.68 Å². The zero-order chi connectivity index (χ0) is 14.7. The number of aromatic nitrogens is 2. The summed E-state index contributed by atoms with van der Waals surface area (Å²) in [5.41, 5.74) is 2.44. The highest BCUT2D eigenvalue weighted by molar-refractivity contribution is 5.36. The van der Waals surface area contributed by atoms with Gasteiger partial charge in [-0.05, 0) is 37.1 Å². The Morgan fingerprint density at radius 2 is 1.80 bits per heavy atom. The van der Waals surface area contributed by atoms with Crippen molar-refractivity contribution in [2.24, 2.45) is 0 Å². The van der Waals surface area contributed by atoms with E-state index in [-0.39, 0.29) is 17.7 Å². The Bertz CT molecular complexity index is 789. The van der Waals surface area contributed by atoms with Crippen molar-refractivity contribution in [3.05, 3.63) is 62.6 Å². The van der Waals surface area contributed by atoms with Gasteiger partial charge in [0.25, 0.3) is 5.56 Å². The Kier molecular flexibility index (Phi) is 3.63. The molecule has 0 aliphatic carbocycles. The summed E-state index contributed by atoms with van der Waals surface area (Å²) in [6.45, 7) is 3.76. The predicted molar refractivity (Wildman–Crippen MR) is 72.9 cm³/mol. The van der Waals surface area contributed by atoms with Crippen LogP contribution < -0.4 is 5.56 Å². The summed E-state index contributed by atoms with van der Waals surface area (Å²) in [5, 5.41) is 22.0. The molecule has 0 fully saturated rings. The SMILES string of the molecule is Cc1nn(Cc2ccc(C#N)cc2)c(=O)c(C#N)c1C. The van der Waals surface area contributed by atoms with Crippen LogP contribution in [0.15, 0.2) is 29.1 Å². The molecule has 0 saturated heterocycles. The molecule has 0 bridgehead atoms. The molecule has 0 saturated carbocycles. The third-order valence-corrected chi connectivity index (χ3v) is 3.16. The van der Waals surface area contributed by atoms with Gasteiger partial charge in [0.1, 0.15) is 11.6 Å². The van der Waals surface area contributed by atoms with E-state index < -0.39 is 0 Å². The standard InChI is InChI=1S/C15H12N4O/c1-10-11(2)18-19(15(20)14(10)8-17)9-13-5-3-12(7-16)4-6-13/h3-6H,9H2,1-2H3. The van der Waals surface area contributed by atoms with Crippen LogP contribution >= 0.6 is 0 Å². The molecule has 98 valence electrons. The maximum Gasteiger partial charge on any atom is 0.285 e. The highest BCUT2D eigenvalue weighted by Gasteiger charge is 2.11. The van der Waals surface area contributed by atoms with Crippen LogP contribution in [0.2, 0.25) is 0 Å². The van der Waals surface area contributed by atoms with E-state index in [0.717, 1.165) is 5.56 Å². The van der Waals surface area contributed by atoms with Gasteiger partial charge in [0, 0.05) is 0 Å². The summed E-state index contributed by atoms with van der Waals surface area (Å²) in [6, 6.07) is 10.9. The van der Waals surface area contributed by atoms with Gasteiger partial charge in [0.15, 0.2) is 0 Å². The van der Waals surface area contributed by atoms with E-state index in [0.29, 0.717) is 16.8 Å². The van der Waals surface area contributed by atoms with Gasteiger partial charge in [-0.2, -0.15) is 15.6 Å². The first-order chi connectivity index (χ1) is 9.56. The number of benzene rings is 1. The third kappa shape index (κ3) is 2.43. The summed E-state index contributed by atoms with van der Waals surface area (Å²) < 4.78 is 1.28. The summed E-state index contributed by atoms with van der Waals surface area (Å²) in [5.74, 6) is 0. The van der Waals surface area contributed by atoms with Crippen LogP contribution in [0.4, 0.5) is 0 Å². The summed E-state index contributed by atoms with van der Waals surface area (Å²) >= 11 is 0. The minimum Gasteiger partial charge on any atom is -0.266 e. The molecule has 5 heteroatoms. The topological polar surface area (TPSA) is 82.5 Å². The maximum atomic E-state index is 12.1. The number of rotatable bonds is 2. The normalized spacial score (nSPS) is 9.80. The molecule has 0 atom stereocenters. The molecule has 1 aromatic heterocycles. The van der Waals surface area contributed by atoms with Gasteiger partial charge in [-0.1, -0.05) is 12.1 Å². The molecule has 20 heavy (non-hydrogen) atoms. The Balaban J connectivity index is 2.44. The van der Waals surface area contributed by atoms with E-state index in [4.69, 9.17) is 10.5 Å². The molecule has 5 nitrogen and oxygen atoms in total. The van der Waals surface area contributed by atoms with E-state index in [9.17, 15) is 4.79 Å². The van der Waals surface area contributed by atoms with Crippen molar-refractivity contribution in [3.8, 4) is 12.1 Å². The molecule has 0 amide bonds. The fourth-order valence-electron chi connectivity index (χ4n) is 1.87. The van der Waals surface area contributed by atoms with Crippen LogP contribution in [-0.2, 0) is 6.54 Å². The minimum absolute atomic E-state index is 0.131. The molecule has 0 aliphatic rings. The van der Waals surface area contributed by atoms with Crippen molar-refractivity contribution in [2.45, 2.75) is 20.4 Å². The predicted octanol–water partition coefficient (Wildman–Crippen LogP) is 1.65. The lowest BCUT2D eigenvalue weighted by molar-refractivity contribution is 0.622. The van der Waals surface area contributed by atoms with Crippen LogP contribution in [0.1, 0.15) is 27.9 Å². The largest absolute Gasteiger partial charge is 0.285 e. The van der Waals surface area contributed by atoms with E-state index >= 15 is 0 Å². The second-order valence-electron chi connectivity index (χ2n) is 4.47. The van der Waals surface area contributed by atoms with Crippen LogP contribution in [-0.4, -0.2) is 9.78 Å². The van der Waals surface area contributed by atoms with Gasteiger partial charge in [-0.3, -0.25) is 4.79 Å². The van der Waals surface area contributed by atoms with Gasteiger partial charge >= 0.3 is 0 Å². The first-order valence-electron chi connectivity index (χ1n) is 6.04. The first kappa shape index (κ1) is 13.5. The molecule has 1 heterocycles. The van der Waals surface area contributed by atoms with E-state index in [1.807, 2.05) is 12.1 Å². The molecule has 2 rings (SSSR count). The van der Waals surface area contributed by atoms with Crippen molar-refractivity contribution in [2.75, 3.05) is 0 Å². The van der Waals surface area contributed by atoms with Crippen molar-refractivity contribution in [3.63, 3.8) is 0 Å². The molecule has 1 aromatic carbocycles. The molecule has 0 unspecified atom stereocenters. The van der Waals surface area contributed by atoms with Crippen molar-refractivity contribution >= 4 is 0 Å². The van der Waals surface area contributed by atoms with E-state index in [2.05, 4.69) is 5.10 Å². The number of nitriles is 2. The molecule has 0 aliphatic heterocycles. The number of aryl methyl sites for hydroxylation is 1. The fraction of sp³-hybridized carbons (Fsp3) is 0.200. The Morgan fingerprint density at radius 3 is 2.35 bits per heavy atom. The van der Waals surface area contributed by atoms with Gasteiger partial charge in [0.2, 0.25) is 0 Å². The summed E-state index contributed by atoms with van der Waals surface area (Å²) in [4.78, 5) is 12.1. The highest BCUT2D eigenvalue weighted by Crippen LogP contribution is 2.07. The summed E-state index contributed by atoms with van der Waals surface area (Å²) in [7, 11) is 0. The second kappa shape index (κ2) is 5.38. The molecular weight excluding hydrogens is 252 g/mol.